The third kappa shape index (κ3) is 1.99. The average Bonchev–Trinajstić information content (AvgIpc) is 3.16. The monoisotopic (exact) mass is 315 g/mol. The van der Waals surface area contributed by atoms with E-state index in [1.54, 1.807) is 6.07 Å². The Hall–Kier alpha value is -2.34. The molecule has 5 nitrogen and oxygen atoms in total. The van der Waals surface area contributed by atoms with Crippen LogP contribution in [0, 0.1) is 0 Å². The number of fused-ring (bicyclic) bond motifs is 3. The maximum Gasteiger partial charge on any atom is 0.329 e. The Morgan fingerprint density at radius 3 is 2.77 bits per heavy atom. The molecule has 1 aliphatic carbocycles. The Labute approximate surface area is 130 Å². The SMILES string of the molecule is O=C(NC1(C(=O)O)CC1)c1cc2c(s1)-c1ccccc1OC2. The molecule has 1 aromatic heterocycles. The average molecular weight is 315 g/mol. The third-order valence-electron chi connectivity index (χ3n) is 4.06. The fraction of sp³-hybridized carbons (Fsp3) is 0.250. The molecule has 0 bridgehead atoms. The van der Waals surface area contributed by atoms with Gasteiger partial charge in [0.15, 0.2) is 0 Å². The number of carbonyl (C=O) groups excluding carboxylic acids is 1. The van der Waals surface area contributed by atoms with Crippen molar-refractivity contribution in [2.24, 2.45) is 0 Å². The number of ether oxygens (including phenoxy) is 1. The van der Waals surface area contributed by atoms with Crippen molar-refractivity contribution in [3.63, 3.8) is 0 Å². The van der Waals surface area contributed by atoms with Crippen LogP contribution in [0.4, 0.5) is 0 Å². The molecule has 112 valence electrons. The van der Waals surface area contributed by atoms with Gasteiger partial charge in [-0.15, -0.1) is 11.3 Å². The van der Waals surface area contributed by atoms with Gasteiger partial charge < -0.3 is 15.2 Å². The summed E-state index contributed by atoms with van der Waals surface area (Å²) in [7, 11) is 0. The predicted molar refractivity (Wildman–Crippen MR) is 81.2 cm³/mol. The molecule has 6 heteroatoms. The standard InChI is InChI=1S/C16H13NO4S/c18-14(17-16(5-6-16)15(19)20)12-7-9-8-21-11-4-2-1-3-10(11)13(9)22-12/h1-4,7H,5-6,8H2,(H,17,18)(H,19,20). The second-order valence-electron chi connectivity index (χ2n) is 5.59. The number of para-hydroxylation sites is 1. The molecular formula is C16H13NO4S. The van der Waals surface area contributed by atoms with Crippen molar-refractivity contribution in [2.75, 3.05) is 0 Å². The first-order valence-corrected chi connectivity index (χ1v) is 7.81. The number of carboxylic acids is 1. The molecule has 1 amide bonds. The first-order chi connectivity index (χ1) is 10.6. The van der Waals surface area contributed by atoms with Crippen molar-refractivity contribution >= 4 is 23.2 Å². The summed E-state index contributed by atoms with van der Waals surface area (Å²) in [5.74, 6) is -0.472. The number of hydrogen-bond donors (Lipinski definition) is 2. The van der Waals surface area contributed by atoms with E-state index in [9.17, 15) is 9.59 Å². The van der Waals surface area contributed by atoms with Crippen molar-refractivity contribution in [2.45, 2.75) is 25.0 Å². The van der Waals surface area contributed by atoms with E-state index >= 15 is 0 Å². The summed E-state index contributed by atoms with van der Waals surface area (Å²) >= 11 is 1.38. The van der Waals surface area contributed by atoms with Crippen LogP contribution in [0.5, 0.6) is 5.75 Å². The van der Waals surface area contributed by atoms with E-state index in [0.29, 0.717) is 24.3 Å². The van der Waals surface area contributed by atoms with E-state index in [1.165, 1.54) is 11.3 Å². The van der Waals surface area contributed by atoms with Crippen molar-refractivity contribution in [3.8, 4) is 16.2 Å². The number of thiophene rings is 1. The smallest absolute Gasteiger partial charge is 0.329 e. The molecule has 0 spiro atoms. The Balaban J connectivity index is 1.65. The number of aliphatic carboxylic acids is 1. The Morgan fingerprint density at radius 2 is 2.05 bits per heavy atom. The molecule has 0 unspecified atom stereocenters. The van der Waals surface area contributed by atoms with Crippen molar-refractivity contribution in [1.82, 2.24) is 5.32 Å². The molecule has 1 aliphatic heterocycles. The number of carboxylic acid groups (broad SMARTS) is 1. The minimum Gasteiger partial charge on any atom is -0.488 e. The fourth-order valence-electron chi connectivity index (χ4n) is 2.61. The molecule has 2 heterocycles. The number of nitrogens with one attached hydrogen (secondary N) is 1. The second kappa shape index (κ2) is 4.58. The lowest BCUT2D eigenvalue weighted by Gasteiger charge is -2.16. The Bertz CT molecular complexity index is 791. The van der Waals surface area contributed by atoms with Gasteiger partial charge in [-0.25, -0.2) is 4.79 Å². The molecule has 2 N–H and O–H groups in total. The highest BCUT2D eigenvalue weighted by atomic mass is 32.1. The fourth-order valence-corrected chi connectivity index (χ4v) is 3.70. The summed E-state index contributed by atoms with van der Waals surface area (Å²) in [6.07, 6.45) is 0.982. The van der Waals surface area contributed by atoms with Crippen LogP contribution >= 0.6 is 11.3 Å². The first-order valence-electron chi connectivity index (χ1n) is 7.00. The number of rotatable bonds is 3. The summed E-state index contributed by atoms with van der Waals surface area (Å²) in [5, 5.41) is 11.8. The van der Waals surface area contributed by atoms with Crippen molar-refractivity contribution < 1.29 is 19.4 Å². The van der Waals surface area contributed by atoms with E-state index in [0.717, 1.165) is 21.8 Å². The maximum atomic E-state index is 12.3. The highest BCUT2D eigenvalue weighted by molar-refractivity contribution is 7.17. The predicted octanol–water partition coefficient (Wildman–Crippen LogP) is 2.65. The molecule has 2 aromatic rings. The first kappa shape index (κ1) is 13.3. The number of carbonyl (C=O) groups is 2. The summed E-state index contributed by atoms with van der Waals surface area (Å²) in [6, 6.07) is 9.50. The third-order valence-corrected chi connectivity index (χ3v) is 5.27. The number of hydrogen-bond acceptors (Lipinski definition) is 4. The summed E-state index contributed by atoms with van der Waals surface area (Å²) in [6.45, 7) is 0.431. The zero-order chi connectivity index (χ0) is 15.3. The molecule has 0 atom stereocenters. The molecule has 1 fully saturated rings. The topological polar surface area (TPSA) is 75.6 Å². The van der Waals surface area contributed by atoms with Gasteiger partial charge >= 0.3 is 5.97 Å². The van der Waals surface area contributed by atoms with Gasteiger partial charge in [0.1, 0.15) is 17.9 Å². The summed E-state index contributed by atoms with van der Waals surface area (Å²) < 4.78 is 5.68. The van der Waals surface area contributed by atoms with Gasteiger partial charge in [-0.1, -0.05) is 12.1 Å². The van der Waals surface area contributed by atoms with Crippen molar-refractivity contribution in [1.29, 1.82) is 0 Å². The van der Waals surface area contributed by atoms with E-state index in [4.69, 9.17) is 9.84 Å². The van der Waals surface area contributed by atoms with Gasteiger partial charge in [-0.2, -0.15) is 0 Å². The highest BCUT2D eigenvalue weighted by Crippen LogP contribution is 2.43. The quantitative estimate of drug-likeness (QED) is 0.913. The molecule has 0 radical (unpaired) electrons. The highest BCUT2D eigenvalue weighted by Gasteiger charge is 2.51. The van der Waals surface area contributed by atoms with Crippen LogP contribution in [0.1, 0.15) is 28.1 Å². The van der Waals surface area contributed by atoms with Crippen LogP contribution in [0.15, 0.2) is 30.3 Å². The normalized spacial score (nSPS) is 16.9. The maximum absolute atomic E-state index is 12.3. The molecule has 22 heavy (non-hydrogen) atoms. The van der Waals surface area contributed by atoms with Gasteiger partial charge in [-0.3, -0.25) is 4.79 Å². The minimum absolute atomic E-state index is 0.322. The Morgan fingerprint density at radius 1 is 1.27 bits per heavy atom. The largest absolute Gasteiger partial charge is 0.488 e. The van der Waals surface area contributed by atoms with Gasteiger partial charge in [0.2, 0.25) is 0 Å². The molecule has 2 aliphatic rings. The van der Waals surface area contributed by atoms with Crippen LogP contribution in [-0.2, 0) is 11.4 Å². The van der Waals surface area contributed by atoms with E-state index in [1.807, 2.05) is 24.3 Å². The number of benzene rings is 1. The van der Waals surface area contributed by atoms with Crippen LogP contribution in [0.2, 0.25) is 0 Å². The van der Waals surface area contributed by atoms with E-state index in [2.05, 4.69) is 5.32 Å². The lowest BCUT2D eigenvalue weighted by molar-refractivity contribution is -0.140. The molecule has 1 aromatic carbocycles. The van der Waals surface area contributed by atoms with Crippen LogP contribution in [0.3, 0.4) is 0 Å². The Kier molecular flexibility index (Phi) is 2.77. The molecule has 0 saturated heterocycles. The van der Waals surface area contributed by atoms with Gasteiger partial charge in [-0.05, 0) is 31.0 Å². The molecule has 1 saturated carbocycles. The van der Waals surface area contributed by atoms with Crippen LogP contribution < -0.4 is 10.1 Å². The zero-order valence-corrected chi connectivity index (χ0v) is 12.4. The lowest BCUT2D eigenvalue weighted by Crippen LogP contribution is -2.42. The molecule has 4 rings (SSSR count). The summed E-state index contributed by atoms with van der Waals surface area (Å²) in [5.41, 5.74) is 0.886. The van der Waals surface area contributed by atoms with E-state index < -0.39 is 11.5 Å². The van der Waals surface area contributed by atoms with E-state index in [-0.39, 0.29) is 5.91 Å². The van der Waals surface area contributed by atoms with Gasteiger partial charge in [0.05, 0.1) is 4.88 Å². The lowest BCUT2D eigenvalue weighted by atomic mass is 10.1. The van der Waals surface area contributed by atoms with Gasteiger partial charge in [0, 0.05) is 16.0 Å². The molecular weight excluding hydrogens is 302 g/mol. The second-order valence-corrected chi connectivity index (χ2v) is 6.64. The van der Waals surface area contributed by atoms with Crippen LogP contribution in [-0.4, -0.2) is 22.5 Å². The minimum atomic E-state index is -1.06. The van der Waals surface area contributed by atoms with Crippen molar-refractivity contribution in [3.05, 3.63) is 40.8 Å². The zero-order valence-electron chi connectivity index (χ0n) is 11.6. The van der Waals surface area contributed by atoms with Crippen LogP contribution in [0.25, 0.3) is 10.4 Å². The number of amides is 1. The van der Waals surface area contributed by atoms with Gasteiger partial charge in [0.25, 0.3) is 5.91 Å². The summed E-state index contributed by atoms with van der Waals surface area (Å²) in [4.78, 5) is 25.1.